The van der Waals surface area contributed by atoms with Crippen LogP contribution in [0.1, 0.15) is 29.5 Å². The second-order valence-electron chi connectivity index (χ2n) is 10.5. The number of halogens is 3. The van der Waals surface area contributed by atoms with Crippen molar-refractivity contribution in [2.45, 2.75) is 37.0 Å². The first-order valence-electron chi connectivity index (χ1n) is 13.9. The van der Waals surface area contributed by atoms with Gasteiger partial charge in [-0.15, -0.1) is 13.2 Å². The highest BCUT2D eigenvalue weighted by Gasteiger charge is 2.50. The number of benzene rings is 4. The van der Waals surface area contributed by atoms with Crippen molar-refractivity contribution in [2.75, 3.05) is 24.5 Å². The van der Waals surface area contributed by atoms with E-state index in [0.29, 0.717) is 49.4 Å². The van der Waals surface area contributed by atoms with Gasteiger partial charge in [0.2, 0.25) is 10.0 Å². The zero-order chi connectivity index (χ0) is 30.5. The van der Waals surface area contributed by atoms with Gasteiger partial charge in [-0.25, -0.2) is 8.42 Å². The molecule has 1 aliphatic heterocycles. The van der Waals surface area contributed by atoms with Gasteiger partial charge in [-0.05, 0) is 65.9 Å². The first kappa shape index (κ1) is 30.4. The van der Waals surface area contributed by atoms with Crippen molar-refractivity contribution in [3.63, 3.8) is 0 Å². The van der Waals surface area contributed by atoms with Crippen LogP contribution in [0.2, 0.25) is 0 Å². The Kier molecular flexibility index (Phi) is 8.98. The highest BCUT2D eigenvalue weighted by molar-refractivity contribution is 7.93. The van der Waals surface area contributed by atoms with Crippen LogP contribution in [0.25, 0.3) is 0 Å². The van der Waals surface area contributed by atoms with Gasteiger partial charge in [0.1, 0.15) is 16.2 Å². The summed E-state index contributed by atoms with van der Waals surface area (Å²) < 4.78 is 77.9. The number of anilines is 1. The predicted molar refractivity (Wildman–Crippen MR) is 160 cm³/mol. The van der Waals surface area contributed by atoms with Crippen LogP contribution in [0.4, 0.5) is 18.9 Å². The quantitative estimate of drug-likeness (QED) is 0.191. The van der Waals surface area contributed by atoms with Crippen molar-refractivity contribution in [3.05, 3.63) is 126 Å². The molecule has 4 aromatic carbocycles. The van der Waals surface area contributed by atoms with Crippen LogP contribution in [0, 0.1) is 0 Å². The molecule has 0 saturated carbocycles. The first-order chi connectivity index (χ1) is 20.6. The molecule has 10 heteroatoms. The van der Waals surface area contributed by atoms with E-state index in [1.165, 1.54) is 16.4 Å². The minimum Gasteiger partial charge on any atom is -0.497 e. The Hall–Kier alpha value is -4.02. The number of hydrogen-bond donors (Lipinski definition) is 0. The van der Waals surface area contributed by atoms with Crippen LogP contribution in [-0.4, -0.2) is 39.9 Å². The van der Waals surface area contributed by atoms with E-state index in [-0.39, 0.29) is 12.2 Å². The molecule has 0 N–H and O–H groups in total. The molecule has 1 saturated heterocycles. The van der Waals surface area contributed by atoms with E-state index in [1.54, 1.807) is 31.4 Å². The van der Waals surface area contributed by atoms with Crippen molar-refractivity contribution in [3.8, 4) is 11.5 Å². The largest absolute Gasteiger partial charge is 0.573 e. The van der Waals surface area contributed by atoms with E-state index in [9.17, 15) is 21.6 Å². The van der Waals surface area contributed by atoms with E-state index in [1.807, 2.05) is 48.5 Å². The molecule has 43 heavy (non-hydrogen) atoms. The Labute approximate surface area is 250 Å². The summed E-state index contributed by atoms with van der Waals surface area (Å²) in [7, 11) is -2.59. The molecule has 5 rings (SSSR count). The lowest BCUT2D eigenvalue weighted by Gasteiger charge is -2.44. The van der Waals surface area contributed by atoms with Crippen molar-refractivity contribution in [1.82, 2.24) is 4.90 Å². The molecular formula is C33H33F3N2O4S. The molecule has 0 unspecified atom stereocenters. The molecule has 1 aliphatic rings. The van der Waals surface area contributed by atoms with Crippen molar-refractivity contribution >= 4 is 15.7 Å². The fourth-order valence-electron chi connectivity index (χ4n) is 5.59. The van der Waals surface area contributed by atoms with Crippen molar-refractivity contribution in [1.29, 1.82) is 0 Å². The minimum absolute atomic E-state index is 0.0197. The summed E-state index contributed by atoms with van der Waals surface area (Å²) in [5, 5.41) is 0. The average Bonchev–Trinajstić information content (AvgIpc) is 3.01. The number of piperidine rings is 1. The van der Waals surface area contributed by atoms with Crippen molar-refractivity contribution in [2.24, 2.45) is 0 Å². The van der Waals surface area contributed by atoms with Crippen LogP contribution in [0.3, 0.4) is 0 Å². The van der Waals surface area contributed by atoms with Gasteiger partial charge in [-0.2, -0.15) is 0 Å². The molecule has 0 amide bonds. The van der Waals surface area contributed by atoms with Crippen LogP contribution in [0.5, 0.6) is 11.5 Å². The topological polar surface area (TPSA) is 59.1 Å². The standard InChI is InChI=1S/C33H33F3N2O4S/c1-41-30-16-12-27(13-17-30)25-38(29-14-18-31(19-15-29)42-33(34,35)36)43(39,40)32(28-10-6-3-7-11-28)20-22-37(23-21-32)24-26-8-4-2-5-9-26/h2-19H,20-25H2,1H3. The van der Waals surface area contributed by atoms with E-state index in [4.69, 9.17) is 4.74 Å². The maximum Gasteiger partial charge on any atom is 0.573 e. The number of likely N-dealkylation sites (tertiary alicyclic amines) is 1. The smallest absolute Gasteiger partial charge is 0.497 e. The Morgan fingerprint density at radius 3 is 1.88 bits per heavy atom. The summed E-state index contributed by atoms with van der Waals surface area (Å²) in [6.07, 6.45) is -4.16. The predicted octanol–water partition coefficient (Wildman–Crippen LogP) is 7.12. The zero-order valence-electron chi connectivity index (χ0n) is 23.7. The molecule has 0 aromatic heterocycles. The van der Waals surface area contributed by atoms with Gasteiger partial charge in [-0.3, -0.25) is 9.21 Å². The molecule has 226 valence electrons. The Morgan fingerprint density at radius 1 is 0.767 bits per heavy atom. The third-order valence-corrected chi connectivity index (χ3v) is 10.4. The molecule has 1 heterocycles. The fraction of sp³-hybridized carbons (Fsp3) is 0.273. The molecule has 1 fully saturated rings. The lowest BCUT2D eigenvalue weighted by atomic mass is 9.88. The maximum atomic E-state index is 15.0. The van der Waals surface area contributed by atoms with Gasteiger partial charge in [0.05, 0.1) is 19.3 Å². The normalized spacial score (nSPS) is 15.5. The number of methoxy groups -OCH3 is 1. The molecular weight excluding hydrogens is 577 g/mol. The summed E-state index contributed by atoms with van der Waals surface area (Å²) in [4.78, 5) is 2.25. The summed E-state index contributed by atoms with van der Waals surface area (Å²) in [6.45, 7) is 1.80. The second-order valence-corrected chi connectivity index (χ2v) is 12.7. The maximum absolute atomic E-state index is 15.0. The molecule has 0 bridgehead atoms. The Bertz CT molecular complexity index is 1570. The molecule has 0 aliphatic carbocycles. The molecule has 0 radical (unpaired) electrons. The van der Waals surface area contributed by atoms with E-state index in [0.717, 1.165) is 17.7 Å². The van der Waals surface area contributed by atoms with E-state index < -0.39 is 26.9 Å². The number of ether oxygens (including phenoxy) is 2. The van der Waals surface area contributed by atoms with Crippen LogP contribution in [-0.2, 0) is 27.9 Å². The molecule has 4 aromatic rings. The Morgan fingerprint density at radius 2 is 1.33 bits per heavy atom. The highest BCUT2D eigenvalue weighted by Crippen LogP contribution is 2.44. The number of nitrogens with zero attached hydrogens (tertiary/aromatic N) is 2. The second kappa shape index (κ2) is 12.7. The number of sulfonamides is 1. The van der Waals surface area contributed by atoms with Crippen LogP contribution >= 0.6 is 0 Å². The molecule has 0 spiro atoms. The Balaban J connectivity index is 1.53. The minimum atomic E-state index is -4.86. The monoisotopic (exact) mass is 610 g/mol. The third kappa shape index (κ3) is 6.97. The molecule has 0 atom stereocenters. The SMILES string of the molecule is COc1ccc(CN(c2ccc(OC(F)(F)F)cc2)S(=O)(=O)C2(c3ccccc3)CCN(Cc3ccccc3)CC2)cc1. The first-order valence-corrected chi connectivity index (χ1v) is 15.4. The van der Waals surface area contributed by atoms with Crippen LogP contribution in [0.15, 0.2) is 109 Å². The van der Waals surface area contributed by atoms with Gasteiger partial charge < -0.3 is 9.47 Å². The average molecular weight is 611 g/mol. The number of rotatable bonds is 10. The van der Waals surface area contributed by atoms with Gasteiger partial charge in [0.15, 0.2) is 0 Å². The van der Waals surface area contributed by atoms with Gasteiger partial charge in [0.25, 0.3) is 0 Å². The summed E-state index contributed by atoms with van der Waals surface area (Å²) in [6, 6.07) is 31.3. The van der Waals surface area contributed by atoms with Crippen molar-refractivity contribution < 1.29 is 31.1 Å². The van der Waals surface area contributed by atoms with Crippen LogP contribution < -0.4 is 13.8 Å². The van der Waals surface area contributed by atoms with Gasteiger partial charge >= 0.3 is 6.36 Å². The van der Waals surface area contributed by atoms with Gasteiger partial charge in [-0.1, -0.05) is 72.8 Å². The lowest BCUT2D eigenvalue weighted by Crippen LogP contribution is -2.52. The summed E-state index contributed by atoms with van der Waals surface area (Å²) in [5.41, 5.74) is 2.78. The number of hydrogen-bond acceptors (Lipinski definition) is 5. The van der Waals surface area contributed by atoms with E-state index in [2.05, 4.69) is 21.8 Å². The fourth-order valence-corrected chi connectivity index (χ4v) is 7.86. The lowest BCUT2D eigenvalue weighted by molar-refractivity contribution is -0.274. The zero-order valence-corrected chi connectivity index (χ0v) is 24.5. The van der Waals surface area contributed by atoms with E-state index >= 15 is 0 Å². The highest BCUT2D eigenvalue weighted by atomic mass is 32.2. The number of alkyl halides is 3. The van der Waals surface area contributed by atoms with Gasteiger partial charge in [0, 0.05) is 19.6 Å². The summed E-state index contributed by atoms with van der Waals surface area (Å²) >= 11 is 0. The summed E-state index contributed by atoms with van der Waals surface area (Å²) in [5.74, 6) is 0.198. The third-order valence-electron chi connectivity index (χ3n) is 7.84. The molecule has 6 nitrogen and oxygen atoms in total.